The molecule has 0 saturated carbocycles. The highest BCUT2D eigenvalue weighted by Crippen LogP contribution is 2.11. The molecule has 0 saturated heterocycles. The molecule has 0 spiro atoms. The van der Waals surface area contributed by atoms with E-state index < -0.39 is 5.97 Å². The van der Waals surface area contributed by atoms with Crippen LogP contribution in [0.15, 0.2) is 30.3 Å². The number of fused-ring (bicyclic) bond motifs is 1. The number of aryl methyl sites for hydroxylation is 1. The first-order valence-corrected chi connectivity index (χ1v) is 4.69. The highest BCUT2D eigenvalue weighted by molar-refractivity contribution is 5.78. The smallest absolute Gasteiger partial charge is 0.303 e. The van der Waals surface area contributed by atoms with E-state index in [1.807, 2.05) is 30.3 Å². The summed E-state index contributed by atoms with van der Waals surface area (Å²) in [7, 11) is 0. The molecule has 1 N–H and O–H groups in total. The van der Waals surface area contributed by atoms with E-state index in [1.165, 1.54) is 0 Å². The van der Waals surface area contributed by atoms with Crippen LogP contribution in [0.3, 0.4) is 0 Å². The summed E-state index contributed by atoms with van der Waals surface area (Å²) < 4.78 is 0. The van der Waals surface area contributed by atoms with E-state index in [9.17, 15) is 4.79 Å². The van der Waals surface area contributed by atoms with Crippen LogP contribution in [0.2, 0.25) is 0 Å². The Hall–Kier alpha value is -1.97. The van der Waals surface area contributed by atoms with Crippen molar-refractivity contribution in [2.24, 2.45) is 0 Å². The predicted molar refractivity (Wildman–Crippen MR) is 55.5 cm³/mol. The first-order valence-electron chi connectivity index (χ1n) is 4.69. The zero-order valence-corrected chi connectivity index (χ0v) is 8.05. The normalized spacial score (nSPS) is 10.4. The number of benzene rings is 1. The molecule has 2 rings (SSSR count). The minimum atomic E-state index is -0.815. The molecule has 0 amide bonds. The predicted octanol–water partition coefficient (Wildman–Crippen LogP) is 1.65. The molecule has 0 radical (unpaired) electrons. The maximum atomic E-state index is 10.4. The number of hydrogen-bond donors (Lipinski definition) is 1. The van der Waals surface area contributed by atoms with Crippen molar-refractivity contribution in [2.75, 3.05) is 0 Å². The standard InChI is InChI=1S/C11H10N2O2/c14-11(15)6-5-9-7-8-3-1-2-4-10(8)13-12-9/h1-4,7H,5-6H2,(H,14,15). The average Bonchev–Trinajstić information content (AvgIpc) is 2.26. The molecule has 0 unspecified atom stereocenters. The number of carboxylic acid groups (broad SMARTS) is 1. The topological polar surface area (TPSA) is 63.1 Å². The van der Waals surface area contributed by atoms with Crippen LogP contribution in [0.1, 0.15) is 12.1 Å². The van der Waals surface area contributed by atoms with Gasteiger partial charge in [-0.2, -0.15) is 10.2 Å². The van der Waals surface area contributed by atoms with Crippen LogP contribution in [0.25, 0.3) is 10.9 Å². The highest BCUT2D eigenvalue weighted by Gasteiger charge is 2.02. The number of aromatic nitrogens is 2. The third-order valence-corrected chi connectivity index (χ3v) is 2.14. The van der Waals surface area contributed by atoms with Gasteiger partial charge in [0, 0.05) is 11.8 Å². The number of hydrogen-bond acceptors (Lipinski definition) is 3. The highest BCUT2D eigenvalue weighted by atomic mass is 16.4. The minimum absolute atomic E-state index is 0.0903. The van der Waals surface area contributed by atoms with Crippen LogP contribution in [-0.2, 0) is 11.2 Å². The first kappa shape index (κ1) is 9.58. The molecule has 0 fully saturated rings. The summed E-state index contributed by atoms with van der Waals surface area (Å²) >= 11 is 0. The second kappa shape index (κ2) is 4.04. The van der Waals surface area contributed by atoms with E-state index in [4.69, 9.17) is 5.11 Å². The van der Waals surface area contributed by atoms with Crippen LogP contribution in [0.5, 0.6) is 0 Å². The van der Waals surface area contributed by atoms with Gasteiger partial charge >= 0.3 is 5.97 Å². The Morgan fingerprint density at radius 2 is 2.07 bits per heavy atom. The van der Waals surface area contributed by atoms with Gasteiger partial charge in [-0.15, -0.1) is 0 Å². The van der Waals surface area contributed by atoms with Crippen molar-refractivity contribution < 1.29 is 9.90 Å². The van der Waals surface area contributed by atoms with Crippen molar-refractivity contribution in [3.8, 4) is 0 Å². The molecule has 0 aliphatic rings. The van der Waals surface area contributed by atoms with E-state index >= 15 is 0 Å². The van der Waals surface area contributed by atoms with Crippen molar-refractivity contribution in [2.45, 2.75) is 12.8 Å². The average molecular weight is 202 g/mol. The van der Waals surface area contributed by atoms with Crippen LogP contribution in [-0.4, -0.2) is 21.3 Å². The fourth-order valence-electron chi connectivity index (χ4n) is 1.38. The molecule has 0 atom stereocenters. The van der Waals surface area contributed by atoms with Gasteiger partial charge in [-0.3, -0.25) is 4.79 Å². The Morgan fingerprint density at radius 1 is 1.27 bits per heavy atom. The fourth-order valence-corrected chi connectivity index (χ4v) is 1.38. The second-order valence-electron chi connectivity index (χ2n) is 3.29. The molecule has 15 heavy (non-hydrogen) atoms. The Bertz CT molecular complexity index is 497. The lowest BCUT2D eigenvalue weighted by Crippen LogP contribution is -2.00. The third kappa shape index (κ3) is 2.28. The molecule has 0 aliphatic carbocycles. The van der Waals surface area contributed by atoms with Gasteiger partial charge in [0.2, 0.25) is 0 Å². The van der Waals surface area contributed by atoms with E-state index in [-0.39, 0.29) is 6.42 Å². The van der Waals surface area contributed by atoms with Crippen LogP contribution in [0.4, 0.5) is 0 Å². The Morgan fingerprint density at radius 3 is 2.87 bits per heavy atom. The molecule has 76 valence electrons. The minimum Gasteiger partial charge on any atom is -0.481 e. The molecule has 2 aromatic rings. The maximum Gasteiger partial charge on any atom is 0.303 e. The van der Waals surface area contributed by atoms with Gasteiger partial charge in [0.15, 0.2) is 0 Å². The molecule has 0 bridgehead atoms. The molecule has 0 aliphatic heterocycles. The molecular formula is C11H10N2O2. The lowest BCUT2D eigenvalue weighted by molar-refractivity contribution is -0.136. The SMILES string of the molecule is O=C(O)CCc1cc2ccccc2nn1. The van der Waals surface area contributed by atoms with Gasteiger partial charge in [-0.05, 0) is 12.1 Å². The third-order valence-electron chi connectivity index (χ3n) is 2.14. The first-order chi connectivity index (χ1) is 7.25. The fraction of sp³-hybridized carbons (Fsp3) is 0.182. The van der Waals surface area contributed by atoms with Gasteiger partial charge in [-0.25, -0.2) is 0 Å². The largest absolute Gasteiger partial charge is 0.481 e. The molecule has 1 aromatic heterocycles. The zero-order chi connectivity index (χ0) is 10.7. The van der Waals surface area contributed by atoms with E-state index in [2.05, 4.69) is 10.2 Å². The maximum absolute atomic E-state index is 10.4. The molecule has 4 heteroatoms. The quantitative estimate of drug-likeness (QED) is 0.821. The van der Waals surface area contributed by atoms with Crippen molar-refractivity contribution in [3.05, 3.63) is 36.0 Å². The van der Waals surface area contributed by atoms with Crippen molar-refractivity contribution >= 4 is 16.9 Å². The van der Waals surface area contributed by atoms with Crippen molar-refractivity contribution in [3.63, 3.8) is 0 Å². The van der Waals surface area contributed by atoms with Crippen molar-refractivity contribution in [1.29, 1.82) is 0 Å². The Labute approximate surface area is 86.6 Å². The summed E-state index contributed by atoms with van der Waals surface area (Å²) in [6.45, 7) is 0. The summed E-state index contributed by atoms with van der Waals surface area (Å²) in [4.78, 5) is 10.4. The lowest BCUT2D eigenvalue weighted by Gasteiger charge is -1.99. The molecule has 4 nitrogen and oxygen atoms in total. The summed E-state index contributed by atoms with van der Waals surface area (Å²) in [6.07, 6.45) is 0.514. The summed E-state index contributed by atoms with van der Waals surface area (Å²) in [5, 5.41) is 17.5. The number of carboxylic acids is 1. The van der Waals surface area contributed by atoms with E-state index in [0.29, 0.717) is 6.42 Å². The van der Waals surface area contributed by atoms with Gasteiger partial charge in [0.25, 0.3) is 0 Å². The summed E-state index contributed by atoms with van der Waals surface area (Å²) in [5.74, 6) is -0.815. The number of rotatable bonds is 3. The van der Waals surface area contributed by atoms with Crippen LogP contribution >= 0.6 is 0 Å². The van der Waals surface area contributed by atoms with Gasteiger partial charge in [0.1, 0.15) is 0 Å². The van der Waals surface area contributed by atoms with Gasteiger partial charge < -0.3 is 5.11 Å². The molecule has 1 aromatic carbocycles. The summed E-state index contributed by atoms with van der Waals surface area (Å²) in [6, 6.07) is 9.52. The van der Waals surface area contributed by atoms with Gasteiger partial charge in [0.05, 0.1) is 17.6 Å². The lowest BCUT2D eigenvalue weighted by atomic mass is 10.1. The number of aliphatic carboxylic acids is 1. The molecule has 1 heterocycles. The van der Waals surface area contributed by atoms with Crippen LogP contribution < -0.4 is 0 Å². The van der Waals surface area contributed by atoms with Crippen LogP contribution in [0, 0.1) is 0 Å². The summed E-state index contributed by atoms with van der Waals surface area (Å²) in [5.41, 5.74) is 1.55. The second-order valence-corrected chi connectivity index (χ2v) is 3.29. The van der Waals surface area contributed by atoms with Crippen molar-refractivity contribution in [1.82, 2.24) is 10.2 Å². The van der Waals surface area contributed by atoms with Gasteiger partial charge in [-0.1, -0.05) is 18.2 Å². The number of nitrogens with zero attached hydrogens (tertiary/aromatic N) is 2. The van der Waals surface area contributed by atoms with E-state index in [1.54, 1.807) is 0 Å². The monoisotopic (exact) mass is 202 g/mol. The van der Waals surface area contributed by atoms with E-state index in [0.717, 1.165) is 16.6 Å². The number of carbonyl (C=O) groups is 1. The molecular weight excluding hydrogens is 192 g/mol. The zero-order valence-electron chi connectivity index (χ0n) is 8.05. The Balaban J connectivity index is 2.26. The Kier molecular flexibility index (Phi) is 2.58.